The number of rotatable bonds is 8. The number of furan rings is 1. The maximum Gasteiger partial charge on any atom is 0.238 e. The van der Waals surface area contributed by atoms with Crippen molar-refractivity contribution in [2.75, 3.05) is 5.32 Å². The van der Waals surface area contributed by atoms with Gasteiger partial charge in [0.05, 0.1) is 17.7 Å². The molecule has 1 atom stereocenters. The molecular weight excluding hydrogens is 376 g/mol. The highest BCUT2D eigenvalue weighted by molar-refractivity contribution is 8.00. The smallest absolute Gasteiger partial charge is 0.238 e. The van der Waals surface area contributed by atoms with Gasteiger partial charge in [0.25, 0.3) is 0 Å². The fourth-order valence-corrected chi connectivity index (χ4v) is 3.62. The number of thioether (sulfide) groups is 1. The van der Waals surface area contributed by atoms with Gasteiger partial charge in [0.2, 0.25) is 5.91 Å². The van der Waals surface area contributed by atoms with E-state index in [9.17, 15) is 4.79 Å². The fraction of sp³-hybridized carbons (Fsp3) is 0.474. The van der Waals surface area contributed by atoms with Crippen LogP contribution in [0.25, 0.3) is 11.6 Å². The third-order valence-electron chi connectivity index (χ3n) is 4.07. The van der Waals surface area contributed by atoms with E-state index >= 15 is 0 Å². The van der Waals surface area contributed by atoms with Crippen LogP contribution in [-0.4, -0.2) is 35.7 Å². The van der Waals surface area contributed by atoms with Crippen LogP contribution >= 0.6 is 11.8 Å². The van der Waals surface area contributed by atoms with Crippen molar-refractivity contribution in [2.45, 2.75) is 57.6 Å². The second-order valence-corrected chi connectivity index (χ2v) is 8.60. The Morgan fingerprint density at radius 1 is 1.21 bits per heavy atom. The number of aromatic nitrogens is 5. The second kappa shape index (κ2) is 8.64. The molecule has 3 aromatic heterocycles. The summed E-state index contributed by atoms with van der Waals surface area (Å²) in [4.78, 5) is 12.7. The summed E-state index contributed by atoms with van der Waals surface area (Å²) in [7, 11) is 0. The first-order valence-corrected chi connectivity index (χ1v) is 10.2. The summed E-state index contributed by atoms with van der Waals surface area (Å²) in [5, 5.41) is 16.1. The van der Waals surface area contributed by atoms with Crippen LogP contribution in [0.5, 0.6) is 0 Å². The molecule has 0 saturated heterocycles. The maximum absolute atomic E-state index is 12.7. The predicted molar refractivity (Wildman–Crippen MR) is 109 cm³/mol. The summed E-state index contributed by atoms with van der Waals surface area (Å²) in [5.41, 5.74) is 0. The first kappa shape index (κ1) is 20.2. The molecule has 0 saturated carbocycles. The number of hydrogen-bond donors (Lipinski definition) is 1. The minimum Gasteiger partial charge on any atom is -0.461 e. The monoisotopic (exact) mass is 402 g/mol. The highest BCUT2D eigenvalue weighted by atomic mass is 32.2. The summed E-state index contributed by atoms with van der Waals surface area (Å²) in [6.45, 7) is 10.9. The van der Waals surface area contributed by atoms with Crippen LogP contribution in [0.4, 0.5) is 5.82 Å². The van der Waals surface area contributed by atoms with Gasteiger partial charge in [0.15, 0.2) is 16.7 Å². The number of anilines is 1. The number of amides is 1. The molecule has 3 heterocycles. The Morgan fingerprint density at radius 3 is 2.64 bits per heavy atom. The molecule has 150 valence electrons. The van der Waals surface area contributed by atoms with Gasteiger partial charge in [0.1, 0.15) is 5.82 Å². The molecule has 0 aliphatic heterocycles. The fourth-order valence-electron chi connectivity index (χ4n) is 2.76. The summed E-state index contributed by atoms with van der Waals surface area (Å²) in [6, 6.07) is 5.65. The zero-order chi connectivity index (χ0) is 20.3. The van der Waals surface area contributed by atoms with Gasteiger partial charge < -0.3 is 9.73 Å². The van der Waals surface area contributed by atoms with Gasteiger partial charge in [-0.1, -0.05) is 25.6 Å². The molecule has 0 fully saturated rings. The van der Waals surface area contributed by atoms with Crippen LogP contribution in [0.3, 0.4) is 0 Å². The van der Waals surface area contributed by atoms with E-state index in [1.54, 1.807) is 23.2 Å². The molecule has 0 radical (unpaired) electrons. The Hall–Kier alpha value is -2.55. The molecule has 3 aromatic rings. The zero-order valence-corrected chi connectivity index (χ0v) is 17.6. The third-order valence-corrected chi connectivity index (χ3v) is 5.15. The predicted octanol–water partition coefficient (Wildman–Crippen LogP) is 4.09. The number of hydrogen-bond acceptors (Lipinski definition) is 6. The highest BCUT2D eigenvalue weighted by Crippen LogP contribution is 2.28. The average molecular weight is 403 g/mol. The zero-order valence-electron chi connectivity index (χ0n) is 16.8. The van der Waals surface area contributed by atoms with Crippen molar-refractivity contribution < 1.29 is 9.21 Å². The first-order chi connectivity index (χ1) is 13.4. The largest absolute Gasteiger partial charge is 0.461 e. The van der Waals surface area contributed by atoms with Crippen LogP contribution in [0.1, 0.15) is 40.7 Å². The average Bonchev–Trinajstić information content (AvgIpc) is 3.36. The van der Waals surface area contributed by atoms with E-state index in [0.717, 1.165) is 6.54 Å². The SMILES string of the molecule is CC(C)Cn1c(SC(C)C(=O)Nc2ccnn2C(C)C)nnc1-c1ccco1. The van der Waals surface area contributed by atoms with E-state index in [2.05, 4.69) is 34.5 Å². The first-order valence-electron chi connectivity index (χ1n) is 9.35. The number of nitrogens with one attached hydrogen (secondary N) is 1. The molecule has 1 amide bonds. The lowest BCUT2D eigenvalue weighted by Crippen LogP contribution is -2.25. The molecule has 8 nitrogen and oxygen atoms in total. The van der Waals surface area contributed by atoms with Crippen molar-refractivity contribution in [1.82, 2.24) is 24.5 Å². The molecule has 9 heteroatoms. The summed E-state index contributed by atoms with van der Waals surface area (Å²) in [5.74, 6) is 2.32. The van der Waals surface area contributed by atoms with E-state index in [4.69, 9.17) is 4.42 Å². The Balaban J connectivity index is 1.77. The van der Waals surface area contributed by atoms with Crippen LogP contribution < -0.4 is 5.32 Å². The molecule has 0 spiro atoms. The summed E-state index contributed by atoms with van der Waals surface area (Å²) in [6.07, 6.45) is 3.30. The minimum absolute atomic E-state index is 0.106. The molecular formula is C19H26N6O2S. The van der Waals surface area contributed by atoms with Crippen LogP contribution in [0.2, 0.25) is 0 Å². The van der Waals surface area contributed by atoms with Gasteiger partial charge in [-0.15, -0.1) is 10.2 Å². The van der Waals surface area contributed by atoms with Crippen LogP contribution in [0.15, 0.2) is 40.2 Å². The number of carbonyl (C=O) groups excluding carboxylic acids is 1. The van der Waals surface area contributed by atoms with Crippen molar-refractivity contribution in [1.29, 1.82) is 0 Å². The van der Waals surface area contributed by atoms with Crippen molar-refractivity contribution in [3.05, 3.63) is 30.7 Å². The minimum atomic E-state index is -0.352. The Bertz CT molecular complexity index is 913. The van der Waals surface area contributed by atoms with Gasteiger partial charge in [-0.2, -0.15) is 5.10 Å². The van der Waals surface area contributed by atoms with Gasteiger partial charge in [0, 0.05) is 18.7 Å². The van der Waals surface area contributed by atoms with E-state index < -0.39 is 0 Å². The maximum atomic E-state index is 12.7. The lowest BCUT2D eigenvalue weighted by molar-refractivity contribution is -0.115. The lowest BCUT2D eigenvalue weighted by Gasteiger charge is -2.16. The Kier molecular flexibility index (Phi) is 6.23. The summed E-state index contributed by atoms with van der Waals surface area (Å²) >= 11 is 1.38. The van der Waals surface area contributed by atoms with Gasteiger partial charge in [-0.3, -0.25) is 9.36 Å². The lowest BCUT2D eigenvalue weighted by atomic mass is 10.2. The number of nitrogens with zero attached hydrogens (tertiary/aromatic N) is 5. The molecule has 0 aliphatic rings. The second-order valence-electron chi connectivity index (χ2n) is 7.29. The molecule has 3 rings (SSSR count). The Labute approximate surface area is 168 Å². The molecule has 0 aromatic carbocycles. The summed E-state index contributed by atoms with van der Waals surface area (Å²) < 4.78 is 9.29. The van der Waals surface area contributed by atoms with Crippen LogP contribution in [0, 0.1) is 5.92 Å². The van der Waals surface area contributed by atoms with E-state index in [0.29, 0.717) is 28.5 Å². The van der Waals surface area contributed by atoms with Crippen LogP contribution in [-0.2, 0) is 11.3 Å². The molecule has 1 unspecified atom stereocenters. The number of carbonyl (C=O) groups is 1. The van der Waals surface area contributed by atoms with Crippen molar-refractivity contribution >= 4 is 23.5 Å². The normalized spacial score (nSPS) is 12.7. The quantitative estimate of drug-likeness (QED) is 0.571. The van der Waals surface area contributed by atoms with E-state index in [1.165, 1.54) is 11.8 Å². The van der Waals surface area contributed by atoms with Gasteiger partial charge in [-0.25, -0.2) is 4.68 Å². The standard InChI is InChI=1S/C19H26N6O2S/c1-12(2)11-24-17(15-7-6-10-27-15)22-23-19(24)28-14(5)18(26)21-16-8-9-20-25(16)13(3)4/h6-10,12-14H,11H2,1-5H3,(H,21,26). The van der Waals surface area contributed by atoms with Crippen molar-refractivity contribution in [2.24, 2.45) is 5.92 Å². The van der Waals surface area contributed by atoms with Crippen molar-refractivity contribution in [3.8, 4) is 11.6 Å². The molecule has 1 N–H and O–H groups in total. The Morgan fingerprint density at radius 2 is 2.00 bits per heavy atom. The molecule has 0 bridgehead atoms. The third kappa shape index (κ3) is 4.46. The van der Waals surface area contributed by atoms with E-state index in [-0.39, 0.29) is 17.2 Å². The van der Waals surface area contributed by atoms with Gasteiger partial charge >= 0.3 is 0 Å². The van der Waals surface area contributed by atoms with E-state index in [1.807, 2.05) is 37.5 Å². The van der Waals surface area contributed by atoms with Gasteiger partial charge in [-0.05, 0) is 38.8 Å². The van der Waals surface area contributed by atoms with Crippen molar-refractivity contribution in [3.63, 3.8) is 0 Å². The molecule has 0 aliphatic carbocycles. The molecule has 28 heavy (non-hydrogen) atoms. The topological polar surface area (TPSA) is 90.8 Å². The highest BCUT2D eigenvalue weighted by Gasteiger charge is 2.23.